The maximum Gasteiger partial charge on any atom is 0.0957 e. The molecule has 1 atom stereocenters. The van der Waals surface area contributed by atoms with E-state index in [2.05, 4.69) is 17.3 Å². The van der Waals surface area contributed by atoms with Gasteiger partial charge in [-0.1, -0.05) is 25.1 Å². The van der Waals surface area contributed by atoms with Crippen LogP contribution in [0.5, 0.6) is 0 Å². The van der Waals surface area contributed by atoms with Gasteiger partial charge in [0.1, 0.15) is 0 Å². The summed E-state index contributed by atoms with van der Waals surface area (Å²) in [4.78, 5) is 0. The third kappa shape index (κ3) is 3.09. The average molecular weight is 199 g/mol. The van der Waals surface area contributed by atoms with Gasteiger partial charge < -0.3 is 0 Å². The van der Waals surface area contributed by atoms with Gasteiger partial charge in [0.25, 0.3) is 0 Å². The second-order valence-corrected chi connectivity index (χ2v) is 3.47. The lowest BCUT2D eigenvalue weighted by Gasteiger charge is -2.19. The van der Waals surface area contributed by atoms with Crippen molar-refractivity contribution in [3.05, 3.63) is 11.9 Å². The highest BCUT2D eigenvalue weighted by atomic mass is 19.1. The summed E-state index contributed by atoms with van der Waals surface area (Å²) in [7, 11) is 0. The molecule has 0 bridgehead atoms. The highest BCUT2D eigenvalue weighted by Gasteiger charge is 2.19. The van der Waals surface area contributed by atoms with E-state index in [4.69, 9.17) is 0 Å². The van der Waals surface area contributed by atoms with Gasteiger partial charge in [-0.25, -0.2) is 4.39 Å². The molecule has 14 heavy (non-hydrogen) atoms. The number of allylic oxidation sites excluding steroid dienone is 1. The SMILES string of the molecule is CCCN1N=NC[C@@H]1C/C=C(/F)CC. The molecule has 3 nitrogen and oxygen atoms in total. The van der Waals surface area contributed by atoms with E-state index in [0.717, 1.165) is 13.0 Å². The Bertz CT molecular complexity index is 225. The normalized spacial score (nSPS) is 22.1. The monoisotopic (exact) mass is 199 g/mol. The molecule has 0 radical (unpaired) electrons. The van der Waals surface area contributed by atoms with Gasteiger partial charge in [-0.3, -0.25) is 5.01 Å². The van der Waals surface area contributed by atoms with Crippen LogP contribution in [0.25, 0.3) is 0 Å². The van der Waals surface area contributed by atoms with Crippen LogP contribution >= 0.6 is 0 Å². The first-order chi connectivity index (χ1) is 6.77. The number of hydrogen-bond acceptors (Lipinski definition) is 3. The summed E-state index contributed by atoms with van der Waals surface area (Å²) in [5, 5.41) is 9.94. The lowest BCUT2D eigenvalue weighted by atomic mass is 10.1. The van der Waals surface area contributed by atoms with E-state index in [1.165, 1.54) is 0 Å². The largest absolute Gasteiger partial charge is 0.274 e. The fraction of sp³-hybridized carbons (Fsp3) is 0.800. The quantitative estimate of drug-likeness (QED) is 0.668. The highest BCUT2D eigenvalue weighted by molar-refractivity contribution is 4.94. The van der Waals surface area contributed by atoms with Crippen molar-refractivity contribution in [2.75, 3.05) is 13.1 Å². The summed E-state index contributed by atoms with van der Waals surface area (Å²) >= 11 is 0. The van der Waals surface area contributed by atoms with Crippen LogP contribution in [0.4, 0.5) is 4.39 Å². The minimum atomic E-state index is -0.0339. The van der Waals surface area contributed by atoms with Gasteiger partial charge in [0.15, 0.2) is 0 Å². The second-order valence-electron chi connectivity index (χ2n) is 3.47. The van der Waals surface area contributed by atoms with Gasteiger partial charge in [-0.05, 0) is 19.3 Å². The van der Waals surface area contributed by atoms with Crippen molar-refractivity contribution in [2.24, 2.45) is 10.3 Å². The Balaban J connectivity index is 2.37. The van der Waals surface area contributed by atoms with Crippen LogP contribution in [0.2, 0.25) is 0 Å². The predicted octanol–water partition coefficient (Wildman–Crippen LogP) is 3.10. The zero-order valence-corrected chi connectivity index (χ0v) is 8.91. The van der Waals surface area contributed by atoms with Crippen LogP contribution in [-0.2, 0) is 0 Å². The lowest BCUT2D eigenvalue weighted by molar-refractivity contribution is 0.238. The molecule has 0 saturated carbocycles. The standard InChI is InChI=1S/C10H18FN3/c1-3-7-14-10(8-12-13-14)6-5-9(11)4-2/h5,10H,3-4,6-8H2,1-2H3/b9-5+/t10-/m0/s1. The third-order valence-electron chi connectivity index (χ3n) is 2.29. The fourth-order valence-electron chi connectivity index (χ4n) is 1.44. The summed E-state index contributed by atoms with van der Waals surface area (Å²) in [6.07, 6.45) is 3.90. The molecule has 0 N–H and O–H groups in total. The molecule has 0 aromatic heterocycles. The number of hydrogen-bond donors (Lipinski definition) is 0. The maximum atomic E-state index is 12.9. The second kappa shape index (κ2) is 5.73. The molecular formula is C10H18FN3. The molecule has 1 heterocycles. The molecule has 1 rings (SSSR count). The van der Waals surface area contributed by atoms with Crippen LogP contribution < -0.4 is 0 Å². The molecule has 0 saturated heterocycles. The number of halogens is 1. The summed E-state index contributed by atoms with van der Waals surface area (Å²) in [5.74, 6) is -0.0339. The maximum absolute atomic E-state index is 12.9. The Morgan fingerprint density at radius 2 is 2.36 bits per heavy atom. The van der Waals surface area contributed by atoms with E-state index in [1.54, 1.807) is 6.08 Å². The van der Waals surface area contributed by atoms with E-state index in [0.29, 0.717) is 19.4 Å². The molecule has 0 aromatic rings. The van der Waals surface area contributed by atoms with Crippen LogP contribution in [-0.4, -0.2) is 24.1 Å². The van der Waals surface area contributed by atoms with Gasteiger partial charge in [0.2, 0.25) is 0 Å². The Kier molecular flexibility index (Phi) is 4.56. The third-order valence-corrected chi connectivity index (χ3v) is 2.29. The van der Waals surface area contributed by atoms with Crippen LogP contribution in [0.15, 0.2) is 22.2 Å². The molecule has 0 aliphatic carbocycles. The van der Waals surface area contributed by atoms with Crippen molar-refractivity contribution in [1.82, 2.24) is 5.01 Å². The molecule has 0 amide bonds. The molecule has 80 valence electrons. The van der Waals surface area contributed by atoms with Crippen molar-refractivity contribution in [2.45, 2.75) is 39.2 Å². The van der Waals surface area contributed by atoms with Crippen molar-refractivity contribution < 1.29 is 4.39 Å². The Labute approximate surface area is 84.7 Å². The Hall–Kier alpha value is -0.930. The Morgan fingerprint density at radius 1 is 1.57 bits per heavy atom. The van der Waals surface area contributed by atoms with Gasteiger partial charge >= 0.3 is 0 Å². The van der Waals surface area contributed by atoms with E-state index < -0.39 is 0 Å². The van der Waals surface area contributed by atoms with Gasteiger partial charge in [0.05, 0.1) is 18.4 Å². The van der Waals surface area contributed by atoms with Crippen LogP contribution in [0.3, 0.4) is 0 Å². The van der Waals surface area contributed by atoms with Gasteiger partial charge in [-0.2, -0.15) is 5.11 Å². The van der Waals surface area contributed by atoms with Crippen molar-refractivity contribution >= 4 is 0 Å². The van der Waals surface area contributed by atoms with E-state index in [1.807, 2.05) is 11.9 Å². The molecule has 0 spiro atoms. The molecular weight excluding hydrogens is 181 g/mol. The van der Waals surface area contributed by atoms with E-state index in [9.17, 15) is 4.39 Å². The van der Waals surface area contributed by atoms with Crippen molar-refractivity contribution in [3.8, 4) is 0 Å². The zero-order chi connectivity index (χ0) is 10.4. The minimum Gasteiger partial charge on any atom is -0.274 e. The van der Waals surface area contributed by atoms with Crippen LogP contribution in [0.1, 0.15) is 33.1 Å². The highest BCUT2D eigenvalue weighted by Crippen LogP contribution is 2.16. The summed E-state index contributed by atoms with van der Waals surface area (Å²) < 4.78 is 12.9. The summed E-state index contributed by atoms with van der Waals surface area (Å²) in [6, 6.07) is 0.271. The molecule has 1 aliphatic heterocycles. The molecule has 0 aromatic carbocycles. The molecule has 1 aliphatic rings. The number of nitrogens with zero attached hydrogens (tertiary/aromatic N) is 3. The van der Waals surface area contributed by atoms with Gasteiger partial charge in [-0.15, -0.1) is 0 Å². The smallest absolute Gasteiger partial charge is 0.0957 e. The van der Waals surface area contributed by atoms with E-state index >= 15 is 0 Å². The molecule has 0 unspecified atom stereocenters. The first-order valence-corrected chi connectivity index (χ1v) is 5.26. The Morgan fingerprint density at radius 3 is 3.00 bits per heavy atom. The molecule has 4 heteroatoms. The summed E-state index contributed by atoms with van der Waals surface area (Å²) in [5.41, 5.74) is 0. The average Bonchev–Trinajstić information content (AvgIpc) is 2.62. The molecule has 0 fully saturated rings. The first kappa shape index (κ1) is 11.1. The van der Waals surface area contributed by atoms with Crippen molar-refractivity contribution in [1.29, 1.82) is 0 Å². The first-order valence-electron chi connectivity index (χ1n) is 5.26. The van der Waals surface area contributed by atoms with E-state index in [-0.39, 0.29) is 11.9 Å². The minimum absolute atomic E-state index is 0.0339. The fourth-order valence-corrected chi connectivity index (χ4v) is 1.44. The van der Waals surface area contributed by atoms with Gasteiger partial charge in [0, 0.05) is 6.54 Å². The zero-order valence-electron chi connectivity index (χ0n) is 8.91. The lowest BCUT2D eigenvalue weighted by Crippen LogP contribution is -2.28. The van der Waals surface area contributed by atoms with Crippen molar-refractivity contribution in [3.63, 3.8) is 0 Å². The van der Waals surface area contributed by atoms with Crippen LogP contribution in [0, 0.1) is 0 Å². The summed E-state index contributed by atoms with van der Waals surface area (Å²) in [6.45, 7) is 5.54. The predicted molar refractivity (Wildman–Crippen MR) is 54.6 cm³/mol. The number of rotatable bonds is 5. The topological polar surface area (TPSA) is 28.0 Å².